The predicted octanol–water partition coefficient (Wildman–Crippen LogP) is 2.25. The topological polar surface area (TPSA) is 64.4 Å². The third kappa shape index (κ3) is 3.83. The van der Waals surface area contributed by atoms with Gasteiger partial charge in [0, 0.05) is 26.1 Å². The zero-order valence-corrected chi connectivity index (χ0v) is 12.7. The highest BCUT2D eigenvalue weighted by atomic mass is 16.6. The van der Waals surface area contributed by atoms with E-state index in [1.54, 1.807) is 22.0 Å². The molecule has 6 nitrogen and oxygen atoms in total. The summed E-state index contributed by atoms with van der Waals surface area (Å²) in [5.74, 6) is 0.0918. The number of nitrogens with zero attached hydrogens (tertiary/aromatic N) is 3. The lowest BCUT2D eigenvalue weighted by molar-refractivity contribution is 0.0728. The normalized spacial score (nSPS) is 16.0. The maximum atomic E-state index is 12.4. The fourth-order valence-electron chi connectivity index (χ4n) is 2.52. The molecular weight excluding hydrogens is 270 g/mol. The summed E-state index contributed by atoms with van der Waals surface area (Å²) in [5, 5.41) is 0. The molecule has 21 heavy (non-hydrogen) atoms. The molecule has 2 heterocycles. The summed E-state index contributed by atoms with van der Waals surface area (Å²) in [6, 6.07) is 0. The van der Waals surface area contributed by atoms with Crippen LogP contribution in [-0.2, 0) is 11.8 Å². The van der Waals surface area contributed by atoms with Crippen LogP contribution in [0.25, 0.3) is 0 Å². The second-order valence-corrected chi connectivity index (χ2v) is 5.48. The van der Waals surface area contributed by atoms with E-state index in [4.69, 9.17) is 4.74 Å². The number of carbonyl (C=O) groups excluding carboxylic acids is 2. The molecule has 0 unspecified atom stereocenters. The summed E-state index contributed by atoms with van der Waals surface area (Å²) < 4.78 is 6.94. The third-order valence-electron chi connectivity index (χ3n) is 3.92. The number of amides is 1. The first-order valence-electron chi connectivity index (χ1n) is 7.55. The summed E-state index contributed by atoms with van der Waals surface area (Å²) in [7, 11) is 1.82. The molecule has 0 atom stereocenters. The van der Waals surface area contributed by atoms with Gasteiger partial charge in [-0.25, -0.2) is 9.78 Å². The predicted molar refractivity (Wildman–Crippen MR) is 78.1 cm³/mol. The molecule has 1 aliphatic heterocycles. The molecule has 2 rings (SSSR count). The Labute approximate surface area is 125 Å². The van der Waals surface area contributed by atoms with Gasteiger partial charge in [-0.2, -0.15) is 0 Å². The van der Waals surface area contributed by atoms with E-state index in [1.807, 2.05) is 7.05 Å². The van der Waals surface area contributed by atoms with Crippen LogP contribution in [0.2, 0.25) is 0 Å². The molecule has 0 N–H and O–H groups in total. The smallest absolute Gasteiger partial charge is 0.409 e. The fourth-order valence-corrected chi connectivity index (χ4v) is 2.52. The van der Waals surface area contributed by atoms with Crippen LogP contribution in [0, 0.1) is 5.92 Å². The zero-order valence-electron chi connectivity index (χ0n) is 12.7. The van der Waals surface area contributed by atoms with Crippen molar-refractivity contribution in [2.45, 2.75) is 32.6 Å². The number of hydrogen-bond donors (Lipinski definition) is 0. The Morgan fingerprint density at radius 2 is 2.10 bits per heavy atom. The second-order valence-electron chi connectivity index (χ2n) is 5.48. The molecule has 0 saturated carbocycles. The van der Waals surface area contributed by atoms with E-state index in [1.165, 1.54) is 0 Å². The molecular formula is C15H23N3O3. The number of imidazole rings is 1. The average Bonchev–Trinajstić information content (AvgIpc) is 2.93. The zero-order chi connectivity index (χ0) is 15.2. The lowest BCUT2D eigenvalue weighted by atomic mass is 9.91. The van der Waals surface area contributed by atoms with Crippen molar-refractivity contribution < 1.29 is 14.3 Å². The van der Waals surface area contributed by atoms with Crippen LogP contribution in [0.15, 0.2) is 12.5 Å². The number of carbonyl (C=O) groups is 2. The molecule has 0 bridgehead atoms. The van der Waals surface area contributed by atoms with Gasteiger partial charge in [-0.1, -0.05) is 13.3 Å². The molecule has 1 saturated heterocycles. The molecule has 1 aromatic rings. The molecule has 1 aromatic heterocycles. The van der Waals surface area contributed by atoms with Gasteiger partial charge in [-0.15, -0.1) is 0 Å². The molecule has 1 amide bonds. The molecule has 1 aliphatic rings. The van der Waals surface area contributed by atoms with E-state index >= 15 is 0 Å². The summed E-state index contributed by atoms with van der Waals surface area (Å²) in [5.41, 5.74) is 0.638. The Balaban J connectivity index is 1.82. The van der Waals surface area contributed by atoms with Crippen molar-refractivity contribution in [3.8, 4) is 0 Å². The number of ether oxygens (including phenoxy) is 1. The van der Waals surface area contributed by atoms with Crippen LogP contribution < -0.4 is 0 Å². The minimum Gasteiger partial charge on any atom is -0.449 e. The third-order valence-corrected chi connectivity index (χ3v) is 3.92. The number of piperidine rings is 1. The maximum Gasteiger partial charge on any atom is 0.409 e. The Bertz CT molecular complexity index is 490. The van der Waals surface area contributed by atoms with E-state index < -0.39 is 0 Å². The summed E-state index contributed by atoms with van der Waals surface area (Å²) in [6.45, 7) is 3.70. The van der Waals surface area contributed by atoms with Crippen molar-refractivity contribution in [3.63, 3.8) is 0 Å². The Morgan fingerprint density at radius 1 is 1.38 bits per heavy atom. The first kappa shape index (κ1) is 15.5. The number of unbranched alkanes of at least 4 members (excludes halogenated alkanes) is 1. The molecule has 116 valence electrons. The molecule has 0 spiro atoms. The van der Waals surface area contributed by atoms with Crippen LogP contribution in [0.5, 0.6) is 0 Å². The van der Waals surface area contributed by atoms with Crippen molar-refractivity contribution in [3.05, 3.63) is 18.2 Å². The lowest BCUT2D eigenvalue weighted by Gasteiger charge is -2.30. The van der Waals surface area contributed by atoms with Crippen molar-refractivity contribution in [2.24, 2.45) is 13.0 Å². The van der Waals surface area contributed by atoms with Crippen molar-refractivity contribution >= 4 is 11.9 Å². The first-order valence-corrected chi connectivity index (χ1v) is 7.55. The standard InChI is InChI=1S/C15H23N3O3/c1-3-4-9-21-15(20)18-7-5-12(6-8-18)14(19)13-10-16-11-17(13)2/h10-12H,3-9H2,1-2H3. The number of likely N-dealkylation sites (tertiary alicyclic amines) is 1. The minimum absolute atomic E-state index is 0.0277. The number of Topliss-reactive ketones (excluding diaryl/α,β-unsaturated/α-hetero) is 1. The number of aromatic nitrogens is 2. The van der Waals surface area contributed by atoms with E-state index in [0.29, 0.717) is 38.2 Å². The van der Waals surface area contributed by atoms with Gasteiger partial charge in [0.25, 0.3) is 0 Å². The Hall–Kier alpha value is -1.85. The highest BCUT2D eigenvalue weighted by molar-refractivity contribution is 5.96. The van der Waals surface area contributed by atoms with Gasteiger partial charge in [0.05, 0.1) is 19.1 Å². The molecule has 1 fully saturated rings. The first-order chi connectivity index (χ1) is 10.1. The van der Waals surface area contributed by atoms with Crippen LogP contribution in [-0.4, -0.2) is 46.0 Å². The van der Waals surface area contributed by atoms with Gasteiger partial charge < -0.3 is 14.2 Å². The van der Waals surface area contributed by atoms with Crippen LogP contribution in [0.3, 0.4) is 0 Å². The van der Waals surface area contributed by atoms with Gasteiger partial charge in [0.15, 0.2) is 5.78 Å². The maximum absolute atomic E-state index is 12.4. The van der Waals surface area contributed by atoms with E-state index in [-0.39, 0.29) is 17.8 Å². The number of hydrogen-bond acceptors (Lipinski definition) is 4. The molecule has 0 radical (unpaired) electrons. The van der Waals surface area contributed by atoms with Gasteiger partial charge in [-0.05, 0) is 19.3 Å². The highest BCUT2D eigenvalue weighted by Gasteiger charge is 2.29. The van der Waals surface area contributed by atoms with Crippen LogP contribution in [0.1, 0.15) is 43.1 Å². The molecule has 6 heteroatoms. The fraction of sp³-hybridized carbons (Fsp3) is 0.667. The van der Waals surface area contributed by atoms with Crippen molar-refractivity contribution in [1.82, 2.24) is 14.5 Å². The van der Waals surface area contributed by atoms with Crippen molar-refractivity contribution in [2.75, 3.05) is 19.7 Å². The largest absolute Gasteiger partial charge is 0.449 e. The van der Waals surface area contributed by atoms with Crippen molar-refractivity contribution in [1.29, 1.82) is 0 Å². The van der Waals surface area contributed by atoms with E-state index in [0.717, 1.165) is 12.8 Å². The summed E-state index contributed by atoms with van der Waals surface area (Å²) in [4.78, 5) is 29.9. The Kier molecular flexibility index (Phi) is 5.36. The number of aryl methyl sites for hydroxylation is 1. The molecule has 0 aromatic carbocycles. The number of rotatable bonds is 5. The molecule has 0 aliphatic carbocycles. The van der Waals surface area contributed by atoms with E-state index in [9.17, 15) is 9.59 Å². The minimum atomic E-state index is -0.255. The van der Waals surface area contributed by atoms with Crippen LogP contribution in [0.4, 0.5) is 4.79 Å². The monoisotopic (exact) mass is 293 g/mol. The SMILES string of the molecule is CCCCOC(=O)N1CCC(C(=O)c2cncn2C)CC1. The Morgan fingerprint density at radius 3 is 2.67 bits per heavy atom. The highest BCUT2D eigenvalue weighted by Crippen LogP contribution is 2.22. The van der Waals surface area contributed by atoms with Gasteiger partial charge in [0.1, 0.15) is 5.69 Å². The summed E-state index contributed by atoms with van der Waals surface area (Å²) >= 11 is 0. The second kappa shape index (κ2) is 7.24. The summed E-state index contributed by atoms with van der Waals surface area (Å²) in [6.07, 6.45) is 6.26. The number of ketones is 1. The van der Waals surface area contributed by atoms with Gasteiger partial charge in [0.2, 0.25) is 0 Å². The quantitative estimate of drug-likeness (QED) is 0.617. The average molecular weight is 293 g/mol. The van der Waals surface area contributed by atoms with Gasteiger partial charge in [-0.3, -0.25) is 4.79 Å². The van der Waals surface area contributed by atoms with Crippen LogP contribution >= 0.6 is 0 Å². The van der Waals surface area contributed by atoms with E-state index in [2.05, 4.69) is 11.9 Å². The lowest BCUT2D eigenvalue weighted by Crippen LogP contribution is -2.40. The van der Waals surface area contributed by atoms with Gasteiger partial charge >= 0.3 is 6.09 Å².